The zero-order valence-corrected chi connectivity index (χ0v) is 10.3. The van der Waals surface area contributed by atoms with Gasteiger partial charge in [-0.25, -0.2) is 0 Å². The third-order valence-corrected chi connectivity index (χ3v) is 2.66. The minimum Gasteiger partial charge on any atom is -0.496 e. The zero-order valence-electron chi connectivity index (χ0n) is 10.3. The number of nitrogens with zero attached hydrogens (tertiary/aromatic N) is 1. The van der Waals surface area contributed by atoms with Gasteiger partial charge in [-0.3, -0.25) is 0 Å². The molecule has 0 spiro atoms. The molecular formula is C13H16N2O2. The Morgan fingerprint density at radius 2 is 2.06 bits per heavy atom. The first-order valence-electron chi connectivity index (χ1n) is 5.47. The molecule has 1 heterocycles. The van der Waals surface area contributed by atoms with Gasteiger partial charge in [0.2, 0.25) is 0 Å². The highest BCUT2D eigenvalue weighted by Crippen LogP contribution is 2.33. The van der Waals surface area contributed by atoms with Crippen LogP contribution in [0.5, 0.6) is 5.75 Å². The summed E-state index contributed by atoms with van der Waals surface area (Å²) in [4.78, 5) is 0. The Bertz CT molecular complexity index is 532. The van der Waals surface area contributed by atoms with E-state index in [0.29, 0.717) is 12.3 Å². The van der Waals surface area contributed by atoms with Gasteiger partial charge in [-0.1, -0.05) is 11.2 Å². The molecule has 0 aliphatic carbocycles. The number of hydrogen-bond donors (Lipinski definition) is 1. The lowest BCUT2D eigenvalue weighted by Crippen LogP contribution is -1.93. The van der Waals surface area contributed by atoms with E-state index in [4.69, 9.17) is 15.0 Å². The van der Waals surface area contributed by atoms with Crippen molar-refractivity contribution in [3.63, 3.8) is 0 Å². The number of benzene rings is 1. The van der Waals surface area contributed by atoms with Crippen molar-refractivity contribution in [3.05, 3.63) is 35.1 Å². The average Bonchev–Trinajstić information content (AvgIpc) is 2.76. The van der Waals surface area contributed by atoms with Crippen LogP contribution in [-0.4, -0.2) is 12.3 Å². The van der Waals surface area contributed by atoms with Gasteiger partial charge in [-0.2, -0.15) is 0 Å². The molecule has 0 bridgehead atoms. The molecule has 17 heavy (non-hydrogen) atoms. The van der Waals surface area contributed by atoms with Gasteiger partial charge >= 0.3 is 0 Å². The topological polar surface area (TPSA) is 61.3 Å². The maximum Gasteiger partial charge on any atom is 0.150 e. The van der Waals surface area contributed by atoms with E-state index in [1.165, 1.54) is 0 Å². The highest BCUT2D eigenvalue weighted by molar-refractivity contribution is 5.70. The van der Waals surface area contributed by atoms with Gasteiger partial charge in [0.05, 0.1) is 13.7 Å². The first-order chi connectivity index (χ1) is 8.15. The van der Waals surface area contributed by atoms with E-state index < -0.39 is 0 Å². The van der Waals surface area contributed by atoms with Crippen LogP contribution in [0.2, 0.25) is 0 Å². The predicted molar refractivity (Wildman–Crippen MR) is 65.9 cm³/mol. The van der Waals surface area contributed by atoms with Gasteiger partial charge in [0, 0.05) is 11.6 Å². The van der Waals surface area contributed by atoms with Crippen LogP contribution in [0.3, 0.4) is 0 Å². The summed E-state index contributed by atoms with van der Waals surface area (Å²) >= 11 is 0. The number of rotatable bonds is 3. The Morgan fingerprint density at radius 1 is 1.29 bits per heavy atom. The third-order valence-electron chi connectivity index (χ3n) is 2.66. The van der Waals surface area contributed by atoms with Crippen molar-refractivity contribution in [2.24, 2.45) is 5.73 Å². The largest absolute Gasteiger partial charge is 0.496 e. The van der Waals surface area contributed by atoms with Crippen molar-refractivity contribution in [1.82, 2.24) is 5.16 Å². The number of nitrogens with two attached hydrogens (primary N) is 1. The molecule has 1 aromatic heterocycles. The lowest BCUT2D eigenvalue weighted by atomic mass is 10.0. The van der Waals surface area contributed by atoms with Crippen molar-refractivity contribution in [3.8, 4) is 17.0 Å². The molecule has 2 aromatic rings. The first-order valence-corrected chi connectivity index (χ1v) is 5.47. The maximum absolute atomic E-state index is 5.51. The molecule has 4 nitrogen and oxygen atoms in total. The fraction of sp³-hybridized carbons (Fsp3) is 0.308. The fourth-order valence-electron chi connectivity index (χ4n) is 1.95. The van der Waals surface area contributed by atoms with Gasteiger partial charge < -0.3 is 15.0 Å². The Labute approximate surface area is 100 Å². The van der Waals surface area contributed by atoms with Gasteiger partial charge in [-0.15, -0.1) is 0 Å². The number of ether oxygens (including phenoxy) is 1. The molecule has 0 saturated heterocycles. The molecule has 1 aromatic carbocycles. The van der Waals surface area contributed by atoms with E-state index in [2.05, 4.69) is 11.2 Å². The molecule has 0 fully saturated rings. The highest BCUT2D eigenvalue weighted by Gasteiger charge is 2.13. The summed E-state index contributed by atoms with van der Waals surface area (Å²) in [5.41, 5.74) is 9.45. The van der Waals surface area contributed by atoms with Crippen LogP contribution in [0.15, 0.2) is 22.7 Å². The summed E-state index contributed by atoms with van der Waals surface area (Å²) in [5.74, 6) is 1.49. The van der Waals surface area contributed by atoms with Crippen molar-refractivity contribution in [1.29, 1.82) is 0 Å². The summed E-state index contributed by atoms with van der Waals surface area (Å²) in [6, 6.07) is 5.95. The third kappa shape index (κ3) is 2.17. The Hall–Kier alpha value is -1.81. The second-order valence-corrected chi connectivity index (χ2v) is 4.05. The molecular weight excluding hydrogens is 216 g/mol. The number of aromatic nitrogens is 1. The Morgan fingerprint density at radius 3 is 2.65 bits per heavy atom. The number of aryl methyl sites for hydroxylation is 2. The number of methoxy groups -OCH3 is 1. The summed E-state index contributed by atoms with van der Waals surface area (Å²) in [6.07, 6.45) is 0. The van der Waals surface area contributed by atoms with E-state index >= 15 is 0 Å². The molecule has 2 rings (SSSR count). The normalized spacial score (nSPS) is 10.6. The van der Waals surface area contributed by atoms with Crippen LogP contribution < -0.4 is 10.5 Å². The molecule has 90 valence electrons. The summed E-state index contributed by atoms with van der Waals surface area (Å²) in [7, 11) is 1.66. The van der Waals surface area contributed by atoms with Crippen LogP contribution in [0, 0.1) is 13.8 Å². The summed E-state index contributed by atoms with van der Waals surface area (Å²) in [5, 5.41) is 4.01. The summed E-state index contributed by atoms with van der Waals surface area (Å²) in [6.45, 7) is 4.40. The highest BCUT2D eigenvalue weighted by atomic mass is 16.5. The minimum atomic E-state index is 0.347. The van der Waals surface area contributed by atoms with Crippen molar-refractivity contribution < 1.29 is 9.26 Å². The second kappa shape index (κ2) is 4.59. The molecule has 0 amide bonds. The molecule has 0 unspecified atom stereocenters. The quantitative estimate of drug-likeness (QED) is 0.882. The lowest BCUT2D eigenvalue weighted by Gasteiger charge is -2.10. The fourth-order valence-corrected chi connectivity index (χ4v) is 1.95. The maximum atomic E-state index is 5.51. The first kappa shape index (κ1) is 11.7. The zero-order chi connectivity index (χ0) is 12.4. The van der Waals surface area contributed by atoms with Crippen molar-refractivity contribution >= 4 is 0 Å². The van der Waals surface area contributed by atoms with E-state index in [-0.39, 0.29) is 0 Å². The minimum absolute atomic E-state index is 0.347. The molecule has 0 saturated carbocycles. The van der Waals surface area contributed by atoms with E-state index in [1.807, 2.05) is 26.0 Å². The molecule has 2 N–H and O–H groups in total. The second-order valence-electron chi connectivity index (χ2n) is 4.05. The van der Waals surface area contributed by atoms with Gasteiger partial charge in [0.1, 0.15) is 11.4 Å². The Balaban J connectivity index is 2.57. The van der Waals surface area contributed by atoms with Gasteiger partial charge in [0.25, 0.3) is 0 Å². The summed E-state index contributed by atoms with van der Waals surface area (Å²) < 4.78 is 10.5. The van der Waals surface area contributed by atoms with Crippen LogP contribution in [0.25, 0.3) is 11.3 Å². The van der Waals surface area contributed by atoms with E-state index in [9.17, 15) is 0 Å². The van der Waals surface area contributed by atoms with Crippen LogP contribution in [0.4, 0.5) is 0 Å². The van der Waals surface area contributed by atoms with E-state index in [1.54, 1.807) is 7.11 Å². The van der Waals surface area contributed by atoms with Crippen molar-refractivity contribution in [2.75, 3.05) is 7.11 Å². The van der Waals surface area contributed by atoms with Crippen LogP contribution in [0.1, 0.15) is 16.9 Å². The number of hydrogen-bond acceptors (Lipinski definition) is 4. The predicted octanol–water partition coefficient (Wildman–Crippen LogP) is 2.43. The molecule has 0 atom stereocenters. The van der Waals surface area contributed by atoms with E-state index in [0.717, 1.165) is 28.1 Å². The van der Waals surface area contributed by atoms with Gasteiger partial charge in [-0.05, 0) is 31.0 Å². The molecule has 4 heteroatoms. The molecule has 0 aliphatic rings. The van der Waals surface area contributed by atoms with Gasteiger partial charge in [0.15, 0.2) is 5.76 Å². The monoisotopic (exact) mass is 232 g/mol. The molecule has 0 aliphatic heterocycles. The SMILES string of the molecule is COc1c(C)cc(C)cc1-c1cc(CN)on1. The van der Waals surface area contributed by atoms with Crippen LogP contribution >= 0.6 is 0 Å². The Kier molecular flexibility index (Phi) is 3.15. The molecule has 0 radical (unpaired) electrons. The lowest BCUT2D eigenvalue weighted by molar-refractivity contribution is 0.385. The smallest absolute Gasteiger partial charge is 0.150 e. The van der Waals surface area contributed by atoms with Crippen molar-refractivity contribution in [2.45, 2.75) is 20.4 Å². The average molecular weight is 232 g/mol. The standard InChI is InChI=1S/C13H16N2O2/c1-8-4-9(2)13(16-3)11(5-8)12-6-10(7-14)17-15-12/h4-6H,7,14H2,1-3H3. The van der Waals surface area contributed by atoms with Crippen LogP contribution in [-0.2, 0) is 6.54 Å².